The molecule has 1 aliphatic rings. The van der Waals surface area contributed by atoms with Gasteiger partial charge in [0.2, 0.25) is 0 Å². The van der Waals surface area contributed by atoms with E-state index in [4.69, 9.17) is 0 Å². The van der Waals surface area contributed by atoms with Crippen molar-refractivity contribution in [1.29, 1.82) is 0 Å². The molecule has 3 rings (SSSR count). The lowest BCUT2D eigenvalue weighted by Crippen LogP contribution is -2.33. The average Bonchev–Trinajstić information content (AvgIpc) is 2.47. The van der Waals surface area contributed by atoms with Gasteiger partial charge in [0, 0.05) is 13.1 Å². The summed E-state index contributed by atoms with van der Waals surface area (Å²) in [5, 5.41) is 0. The van der Waals surface area contributed by atoms with Crippen LogP contribution in [0.1, 0.15) is 30.3 Å². The van der Waals surface area contributed by atoms with E-state index in [1.807, 2.05) is 6.07 Å². The summed E-state index contributed by atoms with van der Waals surface area (Å²) in [4.78, 5) is 26.0. The molecule has 0 atom stereocenters. The molecule has 2 aromatic heterocycles. The highest BCUT2D eigenvalue weighted by Crippen LogP contribution is 2.25. The number of aldehydes is 1. The molecule has 98 valence electrons. The molecule has 1 aliphatic heterocycles. The third-order valence-corrected chi connectivity index (χ3v) is 3.69. The van der Waals surface area contributed by atoms with E-state index < -0.39 is 0 Å². The lowest BCUT2D eigenvalue weighted by molar-refractivity contribution is 0.111. The van der Waals surface area contributed by atoms with Crippen LogP contribution >= 0.6 is 0 Å². The molecule has 2 aromatic rings. The van der Waals surface area contributed by atoms with E-state index in [2.05, 4.69) is 26.8 Å². The van der Waals surface area contributed by atoms with E-state index in [1.165, 1.54) is 12.8 Å². The third-order valence-electron chi connectivity index (χ3n) is 3.69. The van der Waals surface area contributed by atoms with Gasteiger partial charge in [0.25, 0.3) is 0 Å². The van der Waals surface area contributed by atoms with Crippen LogP contribution in [0.3, 0.4) is 0 Å². The van der Waals surface area contributed by atoms with E-state index in [-0.39, 0.29) is 0 Å². The van der Waals surface area contributed by atoms with Gasteiger partial charge < -0.3 is 4.90 Å². The highest BCUT2D eigenvalue weighted by molar-refractivity contribution is 5.88. The quantitative estimate of drug-likeness (QED) is 0.770. The van der Waals surface area contributed by atoms with E-state index in [0.29, 0.717) is 5.69 Å². The second kappa shape index (κ2) is 4.91. The summed E-state index contributed by atoms with van der Waals surface area (Å²) >= 11 is 0. The minimum absolute atomic E-state index is 0.425. The summed E-state index contributed by atoms with van der Waals surface area (Å²) in [5.74, 6) is 1.61. The van der Waals surface area contributed by atoms with Crippen molar-refractivity contribution in [2.45, 2.75) is 19.8 Å². The molecule has 0 unspecified atom stereocenters. The van der Waals surface area contributed by atoms with Gasteiger partial charge in [-0.25, -0.2) is 15.0 Å². The maximum atomic E-state index is 10.9. The van der Waals surface area contributed by atoms with Crippen LogP contribution in [0.15, 0.2) is 18.5 Å². The first-order valence-electron chi connectivity index (χ1n) is 6.60. The number of aromatic nitrogens is 3. The highest BCUT2D eigenvalue weighted by atomic mass is 16.1. The van der Waals surface area contributed by atoms with Crippen molar-refractivity contribution in [3.63, 3.8) is 0 Å². The summed E-state index contributed by atoms with van der Waals surface area (Å²) in [6.45, 7) is 4.25. The van der Waals surface area contributed by atoms with E-state index in [0.717, 1.165) is 42.1 Å². The summed E-state index contributed by atoms with van der Waals surface area (Å²) < 4.78 is 0. The van der Waals surface area contributed by atoms with Crippen LogP contribution in [0, 0.1) is 5.92 Å². The maximum absolute atomic E-state index is 10.9. The first-order valence-corrected chi connectivity index (χ1v) is 6.60. The Kier molecular flexibility index (Phi) is 3.11. The first-order chi connectivity index (χ1) is 9.28. The summed E-state index contributed by atoms with van der Waals surface area (Å²) in [5.41, 5.74) is 1.94. The minimum Gasteiger partial charge on any atom is -0.355 e. The molecule has 0 saturated carbocycles. The Morgan fingerprint density at radius 2 is 2.05 bits per heavy atom. The van der Waals surface area contributed by atoms with E-state index in [1.54, 1.807) is 12.4 Å². The summed E-state index contributed by atoms with van der Waals surface area (Å²) in [7, 11) is 0. The Balaban J connectivity index is 2.04. The number of nitrogens with zero attached hydrogens (tertiary/aromatic N) is 4. The molecule has 5 heteroatoms. The van der Waals surface area contributed by atoms with Gasteiger partial charge in [-0.05, 0) is 30.9 Å². The molecule has 0 bridgehead atoms. The molecule has 5 nitrogen and oxygen atoms in total. The van der Waals surface area contributed by atoms with Crippen molar-refractivity contribution in [3.8, 4) is 0 Å². The minimum atomic E-state index is 0.425. The summed E-state index contributed by atoms with van der Waals surface area (Å²) in [6, 6.07) is 3.51. The number of pyridine rings is 1. The molecule has 1 saturated heterocycles. The van der Waals surface area contributed by atoms with Crippen LogP contribution in [0.25, 0.3) is 11.0 Å². The Labute approximate surface area is 111 Å². The number of hydrogen-bond acceptors (Lipinski definition) is 5. The molecule has 3 heterocycles. The zero-order valence-corrected chi connectivity index (χ0v) is 10.9. The van der Waals surface area contributed by atoms with Crippen LogP contribution < -0.4 is 4.90 Å². The van der Waals surface area contributed by atoms with Gasteiger partial charge in [0.1, 0.15) is 17.5 Å². The predicted octanol–water partition coefficient (Wildman–Crippen LogP) is 2.07. The lowest BCUT2D eigenvalue weighted by atomic mass is 9.99. The fourth-order valence-corrected chi connectivity index (χ4v) is 2.46. The molecule has 0 amide bonds. The molecule has 0 spiro atoms. The summed E-state index contributed by atoms with van der Waals surface area (Å²) in [6.07, 6.45) is 4.66. The largest absolute Gasteiger partial charge is 0.355 e. The van der Waals surface area contributed by atoms with Crippen LogP contribution in [-0.4, -0.2) is 34.3 Å². The molecule has 0 aromatic carbocycles. The fourth-order valence-electron chi connectivity index (χ4n) is 2.46. The van der Waals surface area contributed by atoms with Crippen molar-refractivity contribution in [2.24, 2.45) is 5.92 Å². The second-order valence-corrected chi connectivity index (χ2v) is 5.09. The third kappa shape index (κ3) is 2.28. The predicted molar refractivity (Wildman–Crippen MR) is 73.3 cm³/mol. The van der Waals surface area contributed by atoms with Crippen LogP contribution in [0.2, 0.25) is 0 Å². The van der Waals surface area contributed by atoms with Gasteiger partial charge in [-0.2, -0.15) is 0 Å². The standard InChI is InChI=1S/C14H16N4O/c1-10-4-6-18(7-5-10)14-13-12(15-9-16-14)3-2-11(8-19)17-13/h2-3,8-10H,4-7H2,1H3. The Morgan fingerprint density at radius 3 is 2.79 bits per heavy atom. The van der Waals surface area contributed by atoms with E-state index in [9.17, 15) is 4.79 Å². The van der Waals surface area contributed by atoms with Gasteiger partial charge in [0.05, 0.1) is 5.52 Å². The van der Waals surface area contributed by atoms with Crippen molar-refractivity contribution in [1.82, 2.24) is 15.0 Å². The zero-order valence-electron chi connectivity index (χ0n) is 10.9. The van der Waals surface area contributed by atoms with Gasteiger partial charge in [-0.15, -0.1) is 0 Å². The van der Waals surface area contributed by atoms with Crippen LogP contribution in [0.5, 0.6) is 0 Å². The van der Waals surface area contributed by atoms with Crippen LogP contribution in [-0.2, 0) is 0 Å². The molecule has 19 heavy (non-hydrogen) atoms. The SMILES string of the molecule is CC1CCN(c2ncnc3ccc(C=O)nc23)CC1. The van der Waals surface area contributed by atoms with Gasteiger partial charge in [-0.3, -0.25) is 4.79 Å². The number of rotatable bonds is 2. The van der Waals surface area contributed by atoms with Gasteiger partial charge in [0.15, 0.2) is 12.1 Å². The Hall–Kier alpha value is -2.04. The van der Waals surface area contributed by atoms with Crippen molar-refractivity contribution in [2.75, 3.05) is 18.0 Å². The number of fused-ring (bicyclic) bond motifs is 1. The molecule has 0 radical (unpaired) electrons. The Morgan fingerprint density at radius 1 is 1.26 bits per heavy atom. The number of piperidine rings is 1. The second-order valence-electron chi connectivity index (χ2n) is 5.09. The van der Waals surface area contributed by atoms with Crippen molar-refractivity contribution >= 4 is 23.1 Å². The highest BCUT2D eigenvalue weighted by Gasteiger charge is 2.19. The maximum Gasteiger partial charge on any atom is 0.168 e. The number of carbonyl (C=O) groups is 1. The zero-order chi connectivity index (χ0) is 13.2. The smallest absolute Gasteiger partial charge is 0.168 e. The van der Waals surface area contributed by atoms with Crippen molar-refractivity contribution < 1.29 is 4.79 Å². The molecular weight excluding hydrogens is 240 g/mol. The topological polar surface area (TPSA) is 59.0 Å². The number of hydrogen-bond donors (Lipinski definition) is 0. The molecule has 1 fully saturated rings. The lowest BCUT2D eigenvalue weighted by Gasteiger charge is -2.31. The van der Waals surface area contributed by atoms with Gasteiger partial charge in [-0.1, -0.05) is 6.92 Å². The number of carbonyl (C=O) groups excluding carboxylic acids is 1. The normalized spacial score (nSPS) is 16.8. The van der Waals surface area contributed by atoms with Crippen molar-refractivity contribution in [3.05, 3.63) is 24.2 Å². The molecule has 0 aliphatic carbocycles. The molecular formula is C14H16N4O. The first kappa shape index (κ1) is 12.0. The average molecular weight is 256 g/mol. The van der Waals surface area contributed by atoms with E-state index >= 15 is 0 Å². The van der Waals surface area contributed by atoms with Crippen LogP contribution in [0.4, 0.5) is 5.82 Å². The monoisotopic (exact) mass is 256 g/mol. The number of anilines is 1. The fraction of sp³-hybridized carbons (Fsp3) is 0.429. The van der Waals surface area contributed by atoms with Gasteiger partial charge >= 0.3 is 0 Å². The Bertz CT molecular complexity index is 605. The molecule has 0 N–H and O–H groups in total.